The third kappa shape index (κ3) is 3.42. The molecule has 0 saturated carbocycles. The lowest BCUT2D eigenvalue weighted by molar-refractivity contribution is 0.601. The summed E-state index contributed by atoms with van der Waals surface area (Å²) in [7, 11) is -3.61. The Morgan fingerprint density at radius 1 is 1.00 bits per heavy atom. The molecule has 0 aliphatic rings. The Kier molecular flexibility index (Phi) is 4.37. The number of aromatic nitrogens is 3. The van der Waals surface area contributed by atoms with E-state index in [0.717, 1.165) is 14.8 Å². The first-order valence-corrected chi connectivity index (χ1v) is 10.3. The molecule has 8 heteroatoms. The smallest absolute Gasteiger partial charge is 0.261 e. The number of sulfonamides is 1. The summed E-state index contributed by atoms with van der Waals surface area (Å²) in [6, 6.07) is 15.6. The van der Waals surface area contributed by atoms with Gasteiger partial charge in [0.25, 0.3) is 10.0 Å². The minimum atomic E-state index is -3.61. The van der Waals surface area contributed by atoms with Gasteiger partial charge in [0.05, 0.1) is 10.6 Å². The Hall–Kier alpha value is -2.46. The van der Waals surface area contributed by atoms with Crippen molar-refractivity contribution in [2.45, 2.75) is 4.90 Å². The molecule has 0 amide bonds. The lowest BCUT2D eigenvalue weighted by Crippen LogP contribution is -2.12. The fourth-order valence-corrected chi connectivity index (χ4v) is 3.92. The van der Waals surface area contributed by atoms with Gasteiger partial charge < -0.3 is 0 Å². The summed E-state index contributed by atoms with van der Waals surface area (Å²) in [4.78, 5) is 8.88. The number of rotatable bonds is 4. The molecular formula is C18H13IN4O2S. The highest BCUT2D eigenvalue weighted by atomic mass is 127. The van der Waals surface area contributed by atoms with E-state index in [1.807, 2.05) is 35.0 Å². The minimum Gasteiger partial charge on any atom is -0.291 e. The molecule has 0 saturated heterocycles. The maximum Gasteiger partial charge on any atom is 0.261 e. The van der Waals surface area contributed by atoms with Gasteiger partial charge in [-0.3, -0.25) is 9.12 Å². The lowest BCUT2D eigenvalue weighted by atomic mass is 10.1. The molecule has 2 aromatic heterocycles. The molecule has 0 bridgehead atoms. The summed E-state index contributed by atoms with van der Waals surface area (Å²) in [5.74, 6) is 0.617. The highest BCUT2D eigenvalue weighted by Gasteiger charge is 2.14. The number of halogens is 1. The second-order valence-electron chi connectivity index (χ2n) is 5.59. The van der Waals surface area contributed by atoms with Gasteiger partial charge in [-0.25, -0.2) is 18.4 Å². The number of hydrogen-bond donors (Lipinski definition) is 1. The molecule has 0 atom stereocenters. The van der Waals surface area contributed by atoms with Crippen LogP contribution in [0.3, 0.4) is 0 Å². The Labute approximate surface area is 164 Å². The summed E-state index contributed by atoms with van der Waals surface area (Å²) in [6.45, 7) is 0. The van der Waals surface area contributed by atoms with Crippen LogP contribution in [0.25, 0.3) is 17.0 Å². The van der Waals surface area contributed by atoms with Crippen molar-refractivity contribution >= 4 is 44.1 Å². The van der Waals surface area contributed by atoms with Crippen molar-refractivity contribution in [3.63, 3.8) is 0 Å². The molecule has 0 radical (unpaired) electrons. The quantitative estimate of drug-likeness (QED) is 0.455. The first-order chi connectivity index (χ1) is 12.5. The average Bonchev–Trinajstić information content (AvgIpc) is 3.06. The number of anilines is 1. The minimum absolute atomic E-state index is 0.230. The molecule has 130 valence electrons. The molecule has 0 aliphatic carbocycles. The van der Waals surface area contributed by atoms with E-state index < -0.39 is 10.0 Å². The maximum atomic E-state index is 12.4. The van der Waals surface area contributed by atoms with Crippen molar-refractivity contribution in [2.24, 2.45) is 0 Å². The molecule has 26 heavy (non-hydrogen) atoms. The Balaban J connectivity index is 1.58. The van der Waals surface area contributed by atoms with Crippen molar-refractivity contribution in [3.05, 3.63) is 76.8 Å². The Morgan fingerprint density at radius 2 is 1.73 bits per heavy atom. The van der Waals surface area contributed by atoms with Gasteiger partial charge in [-0.1, -0.05) is 12.1 Å². The van der Waals surface area contributed by atoms with Crippen molar-refractivity contribution in [3.8, 4) is 11.3 Å². The first kappa shape index (κ1) is 17.0. The molecule has 0 unspecified atom stereocenters. The number of hydrogen-bond acceptors (Lipinski definition) is 4. The number of benzene rings is 2. The number of nitrogens with zero attached hydrogens (tertiary/aromatic N) is 3. The summed E-state index contributed by atoms with van der Waals surface area (Å²) in [6.07, 6.45) is 5.45. The van der Waals surface area contributed by atoms with Gasteiger partial charge in [-0.15, -0.1) is 0 Å². The van der Waals surface area contributed by atoms with E-state index in [0.29, 0.717) is 11.5 Å². The maximum absolute atomic E-state index is 12.4. The van der Waals surface area contributed by atoms with Gasteiger partial charge >= 0.3 is 0 Å². The monoisotopic (exact) mass is 476 g/mol. The van der Waals surface area contributed by atoms with Crippen LogP contribution in [0.5, 0.6) is 0 Å². The number of fused-ring (bicyclic) bond motifs is 1. The summed E-state index contributed by atoms with van der Waals surface area (Å²) in [5.41, 5.74) is 2.15. The van der Waals surface area contributed by atoms with Crippen molar-refractivity contribution in [1.29, 1.82) is 0 Å². The predicted molar refractivity (Wildman–Crippen MR) is 108 cm³/mol. The molecule has 0 spiro atoms. The third-order valence-electron chi connectivity index (χ3n) is 3.79. The van der Waals surface area contributed by atoms with Crippen LogP contribution in [0, 0.1) is 3.57 Å². The number of imidazole rings is 1. The SMILES string of the molecule is O=S(=O)(Nc1ccc(-c2cn3cccnc3n2)cc1)c1ccc(I)cc1. The van der Waals surface area contributed by atoms with Crippen molar-refractivity contribution in [1.82, 2.24) is 14.4 Å². The van der Waals surface area contributed by atoms with Crippen LogP contribution in [0.15, 0.2) is 78.1 Å². The normalized spacial score (nSPS) is 11.6. The summed E-state index contributed by atoms with van der Waals surface area (Å²) < 4.78 is 30.3. The van der Waals surface area contributed by atoms with Crippen LogP contribution in [0.2, 0.25) is 0 Å². The van der Waals surface area contributed by atoms with Gasteiger partial charge in [0.2, 0.25) is 5.78 Å². The Morgan fingerprint density at radius 3 is 2.42 bits per heavy atom. The van der Waals surface area contributed by atoms with Crippen LogP contribution in [0.1, 0.15) is 0 Å². The molecule has 1 N–H and O–H groups in total. The molecule has 0 aliphatic heterocycles. The fraction of sp³-hybridized carbons (Fsp3) is 0. The highest BCUT2D eigenvalue weighted by Crippen LogP contribution is 2.22. The molecule has 2 aromatic carbocycles. The van der Waals surface area contributed by atoms with Crippen LogP contribution in [-0.2, 0) is 10.0 Å². The van der Waals surface area contributed by atoms with E-state index in [4.69, 9.17) is 0 Å². The largest absolute Gasteiger partial charge is 0.291 e. The van der Waals surface area contributed by atoms with Crippen LogP contribution < -0.4 is 4.72 Å². The molecule has 6 nitrogen and oxygen atoms in total. The van der Waals surface area contributed by atoms with Gasteiger partial charge in [0.1, 0.15) is 0 Å². The van der Waals surface area contributed by atoms with Crippen LogP contribution in [0.4, 0.5) is 5.69 Å². The molecular weight excluding hydrogens is 463 g/mol. The van der Waals surface area contributed by atoms with Gasteiger partial charge in [-0.05, 0) is 65.1 Å². The molecule has 4 rings (SSSR count). The van der Waals surface area contributed by atoms with Gasteiger partial charge in [0, 0.05) is 33.4 Å². The summed E-state index contributed by atoms with van der Waals surface area (Å²) >= 11 is 2.13. The van der Waals surface area contributed by atoms with E-state index in [1.165, 1.54) is 0 Å². The van der Waals surface area contributed by atoms with E-state index >= 15 is 0 Å². The average molecular weight is 476 g/mol. The zero-order valence-electron chi connectivity index (χ0n) is 13.4. The van der Waals surface area contributed by atoms with Crippen molar-refractivity contribution in [2.75, 3.05) is 4.72 Å². The van der Waals surface area contributed by atoms with E-state index in [1.54, 1.807) is 42.6 Å². The second-order valence-corrected chi connectivity index (χ2v) is 8.52. The first-order valence-electron chi connectivity index (χ1n) is 7.70. The zero-order valence-corrected chi connectivity index (χ0v) is 16.3. The standard InChI is InChI=1S/C18H13IN4O2S/c19-14-4-8-16(9-5-14)26(24,25)22-15-6-2-13(3-7-15)17-12-23-11-1-10-20-18(23)21-17/h1-12,22H. The zero-order chi connectivity index (χ0) is 18.1. The molecule has 2 heterocycles. The predicted octanol–water partition coefficient (Wildman–Crippen LogP) is 3.80. The fourth-order valence-electron chi connectivity index (χ4n) is 2.51. The highest BCUT2D eigenvalue weighted by molar-refractivity contribution is 14.1. The van der Waals surface area contributed by atoms with E-state index in [9.17, 15) is 8.42 Å². The van der Waals surface area contributed by atoms with Gasteiger partial charge in [0.15, 0.2) is 0 Å². The second kappa shape index (κ2) is 6.69. The molecule has 0 fully saturated rings. The van der Waals surface area contributed by atoms with E-state index in [2.05, 4.69) is 37.3 Å². The van der Waals surface area contributed by atoms with Crippen LogP contribution >= 0.6 is 22.6 Å². The topological polar surface area (TPSA) is 76.4 Å². The third-order valence-corrected chi connectivity index (χ3v) is 5.91. The Bertz CT molecular complexity index is 1140. The van der Waals surface area contributed by atoms with Crippen molar-refractivity contribution < 1.29 is 8.42 Å². The summed E-state index contributed by atoms with van der Waals surface area (Å²) in [5, 5.41) is 0. The van der Waals surface area contributed by atoms with Crippen LogP contribution in [-0.4, -0.2) is 22.8 Å². The van der Waals surface area contributed by atoms with E-state index in [-0.39, 0.29) is 4.90 Å². The molecule has 4 aromatic rings. The number of nitrogens with one attached hydrogen (secondary N) is 1. The van der Waals surface area contributed by atoms with Gasteiger partial charge in [-0.2, -0.15) is 0 Å². The lowest BCUT2D eigenvalue weighted by Gasteiger charge is -2.08.